The minimum absolute atomic E-state index is 0.161. The van der Waals surface area contributed by atoms with Crippen molar-refractivity contribution in [2.24, 2.45) is 21.6 Å². The van der Waals surface area contributed by atoms with Crippen molar-refractivity contribution < 1.29 is 18.0 Å². The van der Waals surface area contributed by atoms with Crippen molar-refractivity contribution in [1.82, 2.24) is 9.88 Å². The number of hydrogen-bond donors (Lipinski definition) is 1. The lowest BCUT2D eigenvalue weighted by atomic mass is 10.1. The number of hydrogen-bond acceptors (Lipinski definition) is 3. The number of halogens is 5. The molecule has 0 aliphatic heterocycles. The second kappa shape index (κ2) is 9.87. The maximum atomic E-state index is 13.3. The molecule has 1 aliphatic rings. The summed E-state index contributed by atoms with van der Waals surface area (Å²) in [4.78, 5) is 27.3. The van der Waals surface area contributed by atoms with Crippen LogP contribution in [0, 0.1) is 5.92 Å². The number of amidine groups is 1. The summed E-state index contributed by atoms with van der Waals surface area (Å²) in [6.45, 7) is 2.00. The van der Waals surface area contributed by atoms with E-state index in [4.69, 9.17) is 28.9 Å². The van der Waals surface area contributed by atoms with E-state index >= 15 is 0 Å². The van der Waals surface area contributed by atoms with Crippen molar-refractivity contribution in [3.63, 3.8) is 0 Å². The van der Waals surface area contributed by atoms with E-state index in [9.17, 15) is 18.0 Å². The highest BCUT2D eigenvalue weighted by Crippen LogP contribution is 2.34. The van der Waals surface area contributed by atoms with Crippen LogP contribution in [0.15, 0.2) is 46.4 Å². The van der Waals surface area contributed by atoms with E-state index in [1.807, 2.05) is 0 Å². The Morgan fingerprint density at radius 2 is 2.03 bits per heavy atom. The average Bonchev–Trinajstić information content (AvgIpc) is 3.54. The Balaban J connectivity index is 1.99. The maximum Gasteiger partial charge on any atom is 0.416 e. The third-order valence-corrected chi connectivity index (χ3v) is 5.29. The lowest BCUT2D eigenvalue weighted by Crippen LogP contribution is -2.44. The molecule has 2 aromatic rings. The van der Waals surface area contributed by atoms with Gasteiger partial charge in [0.1, 0.15) is 5.15 Å². The smallest absolute Gasteiger partial charge is 0.390 e. The van der Waals surface area contributed by atoms with Gasteiger partial charge in [-0.1, -0.05) is 29.3 Å². The number of pyridine rings is 1. The Morgan fingerprint density at radius 3 is 2.62 bits per heavy atom. The summed E-state index contributed by atoms with van der Waals surface area (Å²) in [5.74, 6) is 0.0478. The van der Waals surface area contributed by atoms with E-state index in [0.717, 1.165) is 31.3 Å². The van der Waals surface area contributed by atoms with Crippen LogP contribution < -0.4 is 5.73 Å². The summed E-state index contributed by atoms with van der Waals surface area (Å²) < 4.78 is 39.7. The molecule has 1 saturated carbocycles. The topological polar surface area (TPSA) is 83.9 Å². The van der Waals surface area contributed by atoms with Gasteiger partial charge in [0.25, 0.3) is 5.91 Å². The van der Waals surface area contributed by atoms with Gasteiger partial charge in [0.15, 0.2) is 11.7 Å². The van der Waals surface area contributed by atoms with Crippen LogP contribution in [0.2, 0.25) is 10.2 Å². The van der Waals surface area contributed by atoms with Crippen LogP contribution in [0.5, 0.6) is 0 Å². The Hall–Kier alpha value is -2.65. The van der Waals surface area contributed by atoms with Gasteiger partial charge in [0.05, 0.1) is 17.9 Å². The van der Waals surface area contributed by atoms with Crippen LogP contribution >= 0.6 is 23.2 Å². The number of alkyl halides is 3. The Bertz CT molecular complexity index is 1050. The summed E-state index contributed by atoms with van der Waals surface area (Å²) >= 11 is 11.8. The predicted octanol–water partition coefficient (Wildman–Crippen LogP) is 5.37. The van der Waals surface area contributed by atoms with Crippen molar-refractivity contribution >= 4 is 47.1 Å². The van der Waals surface area contributed by atoms with Gasteiger partial charge in [-0.25, -0.2) is 15.0 Å². The van der Waals surface area contributed by atoms with Gasteiger partial charge in [-0.3, -0.25) is 4.79 Å². The SMILES string of the molecule is CC(C(N=CN)=Nc1cccc(Cl)n1)N(CC1CC1)C(=O)c1cc(Cl)cc(C(F)(F)F)c1. The second-order valence-electron chi connectivity index (χ2n) is 7.37. The first-order valence-corrected chi connectivity index (χ1v) is 10.5. The van der Waals surface area contributed by atoms with Gasteiger partial charge >= 0.3 is 6.18 Å². The molecule has 6 nitrogen and oxygen atoms in total. The van der Waals surface area contributed by atoms with Gasteiger partial charge in [-0.05, 0) is 56.0 Å². The lowest BCUT2D eigenvalue weighted by Gasteiger charge is -2.29. The number of aliphatic imine (C=N–C) groups is 2. The number of aromatic nitrogens is 1. The molecule has 1 fully saturated rings. The molecule has 1 amide bonds. The van der Waals surface area contributed by atoms with E-state index in [1.54, 1.807) is 25.1 Å². The summed E-state index contributed by atoms with van der Waals surface area (Å²) in [7, 11) is 0. The molecule has 0 spiro atoms. The van der Waals surface area contributed by atoms with Crippen LogP contribution in [0.1, 0.15) is 35.7 Å². The molecule has 32 heavy (non-hydrogen) atoms. The molecule has 1 aromatic carbocycles. The third kappa shape index (κ3) is 6.20. The first-order valence-electron chi connectivity index (χ1n) is 9.72. The molecule has 1 unspecified atom stereocenters. The molecule has 0 radical (unpaired) electrons. The molecule has 1 aromatic heterocycles. The van der Waals surface area contributed by atoms with Gasteiger partial charge in [-0.2, -0.15) is 13.2 Å². The largest absolute Gasteiger partial charge is 0.416 e. The zero-order valence-corrected chi connectivity index (χ0v) is 18.5. The quantitative estimate of drug-likeness (QED) is 0.339. The Labute approximate surface area is 193 Å². The van der Waals surface area contributed by atoms with Crippen LogP contribution in [-0.2, 0) is 6.18 Å². The molecule has 0 bridgehead atoms. The minimum atomic E-state index is -4.64. The van der Waals surface area contributed by atoms with Crippen molar-refractivity contribution in [3.8, 4) is 0 Å². The molecule has 11 heteroatoms. The molecule has 3 rings (SSSR count). The molecule has 1 atom stereocenters. The number of nitrogens with zero attached hydrogens (tertiary/aromatic N) is 4. The van der Waals surface area contributed by atoms with Gasteiger partial charge in [-0.15, -0.1) is 0 Å². The molecule has 1 aliphatic carbocycles. The summed E-state index contributed by atoms with van der Waals surface area (Å²) in [6.07, 6.45) is -1.77. The zero-order chi connectivity index (χ0) is 23.5. The van der Waals surface area contributed by atoms with E-state index in [-0.39, 0.29) is 33.3 Å². The van der Waals surface area contributed by atoms with Crippen molar-refractivity contribution in [2.75, 3.05) is 6.54 Å². The summed E-state index contributed by atoms with van der Waals surface area (Å²) in [5, 5.41) is 0.0405. The summed E-state index contributed by atoms with van der Waals surface area (Å²) in [6, 6.07) is 6.91. The number of rotatable bonds is 6. The van der Waals surface area contributed by atoms with E-state index < -0.39 is 23.7 Å². The molecular formula is C21H20Cl2F3N5O. The summed E-state index contributed by atoms with van der Waals surface area (Å²) in [5.41, 5.74) is 4.31. The average molecular weight is 486 g/mol. The Morgan fingerprint density at radius 1 is 1.31 bits per heavy atom. The van der Waals surface area contributed by atoms with Crippen LogP contribution in [0.4, 0.5) is 19.0 Å². The fourth-order valence-electron chi connectivity index (χ4n) is 3.06. The highest BCUT2D eigenvalue weighted by atomic mass is 35.5. The molecule has 1 heterocycles. The number of nitrogens with two attached hydrogens (primary N) is 1. The van der Waals surface area contributed by atoms with Crippen molar-refractivity contribution in [3.05, 3.63) is 57.7 Å². The van der Waals surface area contributed by atoms with Crippen LogP contribution in [0.25, 0.3) is 0 Å². The highest BCUT2D eigenvalue weighted by Gasteiger charge is 2.35. The van der Waals surface area contributed by atoms with Crippen LogP contribution in [0.3, 0.4) is 0 Å². The van der Waals surface area contributed by atoms with Crippen LogP contribution in [-0.4, -0.2) is 40.6 Å². The second-order valence-corrected chi connectivity index (χ2v) is 8.19. The standard InChI is InChI=1S/C21H20Cl2F3N5O/c1-12(19(28-11-27)30-18-4-2-3-17(23)29-18)31(10-13-5-6-13)20(32)14-7-15(21(24,25)26)9-16(22)8-14/h2-4,7-9,11-13H,5-6,10H2,1H3,(H2,27,28,29,30). The minimum Gasteiger partial charge on any atom is -0.390 e. The van der Waals surface area contributed by atoms with Crippen molar-refractivity contribution in [1.29, 1.82) is 0 Å². The monoisotopic (exact) mass is 485 g/mol. The first-order chi connectivity index (χ1) is 15.1. The first kappa shape index (κ1) is 24.0. The predicted molar refractivity (Wildman–Crippen MR) is 119 cm³/mol. The number of carbonyl (C=O) groups is 1. The molecular weight excluding hydrogens is 466 g/mol. The van der Waals surface area contributed by atoms with E-state index in [2.05, 4.69) is 15.0 Å². The molecule has 2 N–H and O–H groups in total. The lowest BCUT2D eigenvalue weighted by molar-refractivity contribution is -0.137. The highest BCUT2D eigenvalue weighted by molar-refractivity contribution is 6.31. The fraction of sp³-hybridized carbons (Fsp3) is 0.333. The molecule has 0 saturated heterocycles. The number of benzene rings is 1. The fourth-order valence-corrected chi connectivity index (χ4v) is 3.46. The van der Waals surface area contributed by atoms with Gasteiger partial charge in [0, 0.05) is 17.1 Å². The third-order valence-electron chi connectivity index (χ3n) is 4.86. The van der Waals surface area contributed by atoms with Crippen molar-refractivity contribution in [2.45, 2.75) is 32.0 Å². The van der Waals surface area contributed by atoms with Gasteiger partial charge in [0.2, 0.25) is 0 Å². The number of amides is 1. The molecule has 170 valence electrons. The van der Waals surface area contributed by atoms with E-state index in [1.165, 1.54) is 11.0 Å². The Kier molecular flexibility index (Phi) is 7.40. The normalized spacial score (nSPS) is 15.8. The zero-order valence-electron chi connectivity index (χ0n) is 17.0. The van der Waals surface area contributed by atoms with E-state index in [0.29, 0.717) is 6.54 Å². The van der Waals surface area contributed by atoms with Gasteiger partial charge < -0.3 is 10.6 Å². The number of carbonyl (C=O) groups excluding carboxylic acids is 1. The maximum absolute atomic E-state index is 13.3.